The van der Waals surface area contributed by atoms with Crippen molar-refractivity contribution in [3.8, 4) is 0 Å². The van der Waals surface area contributed by atoms with Crippen molar-refractivity contribution in [1.29, 1.82) is 0 Å². The SMILES string of the molecule is CC(C)(C)N1CCC(c2ccc(Cl)cc2Cl)C1.CNC(C)=O.O=CN1CCCC1. The van der Waals surface area contributed by atoms with Crippen molar-refractivity contribution in [3.05, 3.63) is 33.8 Å². The minimum absolute atomic E-state index is 0.00463. The number of halogens is 2. The molecule has 1 aromatic carbocycles. The van der Waals surface area contributed by atoms with E-state index < -0.39 is 0 Å². The van der Waals surface area contributed by atoms with Gasteiger partial charge in [-0.1, -0.05) is 29.3 Å². The minimum atomic E-state index is 0.00463. The lowest BCUT2D eigenvalue weighted by Gasteiger charge is -2.31. The lowest BCUT2D eigenvalue weighted by molar-refractivity contribution is -0.118. The van der Waals surface area contributed by atoms with Crippen molar-refractivity contribution in [2.45, 2.75) is 58.4 Å². The number of carbonyl (C=O) groups excluding carboxylic acids is 2. The highest BCUT2D eigenvalue weighted by molar-refractivity contribution is 6.35. The van der Waals surface area contributed by atoms with Crippen molar-refractivity contribution in [3.63, 3.8) is 0 Å². The van der Waals surface area contributed by atoms with Gasteiger partial charge in [0.1, 0.15) is 0 Å². The molecule has 3 rings (SSSR count). The zero-order chi connectivity index (χ0) is 22.0. The van der Waals surface area contributed by atoms with E-state index in [0.29, 0.717) is 10.9 Å². The molecule has 0 saturated carbocycles. The molecule has 5 nitrogen and oxygen atoms in total. The summed E-state index contributed by atoms with van der Waals surface area (Å²) >= 11 is 12.2. The number of hydrogen-bond acceptors (Lipinski definition) is 3. The summed E-state index contributed by atoms with van der Waals surface area (Å²) in [5.74, 6) is 0.545. The lowest BCUT2D eigenvalue weighted by Crippen LogP contribution is -2.39. The van der Waals surface area contributed by atoms with Gasteiger partial charge in [-0.15, -0.1) is 0 Å². The highest BCUT2D eigenvalue weighted by Gasteiger charge is 2.31. The molecule has 0 radical (unpaired) electrons. The van der Waals surface area contributed by atoms with E-state index in [9.17, 15) is 9.59 Å². The first-order valence-corrected chi connectivity index (χ1v) is 10.9. The Hall–Kier alpha value is -1.30. The molecule has 2 amide bonds. The maximum absolute atomic E-state index is 9.93. The Labute approximate surface area is 185 Å². The Balaban J connectivity index is 0.000000288. The molecule has 0 spiro atoms. The molecule has 2 aliphatic heterocycles. The van der Waals surface area contributed by atoms with Gasteiger partial charge in [-0.05, 0) is 70.2 Å². The van der Waals surface area contributed by atoms with Crippen LogP contribution in [0.4, 0.5) is 0 Å². The molecule has 2 saturated heterocycles. The summed E-state index contributed by atoms with van der Waals surface area (Å²) in [4.78, 5) is 24.0. The zero-order valence-corrected chi connectivity index (χ0v) is 19.8. The molecular weight excluding hydrogens is 409 g/mol. The highest BCUT2D eigenvalue weighted by Crippen LogP contribution is 2.35. The van der Waals surface area contributed by atoms with Crippen LogP contribution in [0, 0.1) is 0 Å². The van der Waals surface area contributed by atoms with E-state index in [-0.39, 0.29) is 11.4 Å². The monoisotopic (exact) mass is 443 g/mol. The molecular formula is C22H35Cl2N3O2. The molecule has 29 heavy (non-hydrogen) atoms. The molecule has 2 heterocycles. The normalized spacial score (nSPS) is 19.0. The standard InChI is InChI=1S/C14H19Cl2N.C5H9NO.C3H7NO/c1-14(2,3)17-7-6-10(9-17)12-5-4-11(15)8-13(12)16;7-5-6-3-1-2-4-6;1-3(5)4-2/h4-5,8,10H,6-7,9H2,1-3H3;5H,1-4H2;1-2H3,(H,4,5). The van der Waals surface area contributed by atoms with Gasteiger partial charge >= 0.3 is 0 Å². The number of rotatable bonds is 2. The zero-order valence-electron chi connectivity index (χ0n) is 18.3. The second kappa shape index (κ2) is 12.4. The fraction of sp³-hybridized carbons (Fsp3) is 0.636. The number of amides is 2. The second-order valence-corrected chi connectivity index (χ2v) is 9.27. The number of nitrogens with zero attached hydrogens (tertiary/aromatic N) is 2. The molecule has 0 aromatic heterocycles. The van der Waals surface area contributed by atoms with Crippen molar-refractivity contribution in [2.75, 3.05) is 33.2 Å². The maximum Gasteiger partial charge on any atom is 0.216 e. The Morgan fingerprint density at radius 1 is 1.17 bits per heavy atom. The van der Waals surface area contributed by atoms with Crippen molar-refractivity contribution >= 4 is 35.5 Å². The molecule has 7 heteroatoms. The third-order valence-electron chi connectivity index (χ3n) is 5.18. The summed E-state index contributed by atoms with van der Waals surface area (Å²) in [6.45, 7) is 12.4. The number of hydrogen-bond donors (Lipinski definition) is 1. The summed E-state index contributed by atoms with van der Waals surface area (Å²) in [5.41, 5.74) is 1.48. The van der Waals surface area contributed by atoms with Gasteiger partial charge < -0.3 is 10.2 Å². The van der Waals surface area contributed by atoms with E-state index in [2.05, 4.69) is 37.1 Å². The van der Waals surface area contributed by atoms with E-state index in [1.807, 2.05) is 12.1 Å². The maximum atomic E-state index is 9.93. The van der Waals surface area contributed by atoms with Gasteiger partial charge in [0, 0.05) is 49.2 Å². The molecule has 164 valence electrons. The van der Waals surface area contributed by atoms with Crippen LogP contribution in [0.3, 0.4) is 0 Å². The van der Waals surface area contributed by atoms with Crippen LogP contribution in [0.2, 0.25) is 10.0 Å². The van der Waals surface area contributed by atoms with Gasteiger partial charge in [0.25, 0.3) is 0 Å². The van der Waals surface area contributed by atoms with E-state index in [1.165, 1.54) is 31.7 Å². The average Bonchev–Trinajstić information content (AvgIpc) is 3.34. The Bertz CT molecular complexity index is 656. The summed E-state index contributed by atoms with van der Waals surface area (Å²) < 4.78 is 0. The molecule has 1 N–H and O–H groups in total. The van der Waals surface area contributed by atoms with Crippen LogP contribution in [-0.4, -0.2) is 60.9 Å². The molecule has 2 aliphatic rings. The quantitative estimate of drug-likeness (QED) is 0.680. The molecule has 0 bridgehead atoms. The van der Waals surface area contributed by atoms with Gasteiger partial charge in [-0.3, -0.25) is 14.5 Å². The fourth-order valence-electron chi connectivity index (χ4n) is 3.30. The number of carbonyl (C=O) groups is 2. The Kier molecular flexibility index (Phi) is 11.0. The minimum Gasteiger partial charge on any atom is -0.359 e. The lowest BCUT2D eigenvalue weighted by atomic mass is 9.98. The molecule has 1 unspecified atom stereocenters. The molecule has 1 atom stereocenters. The van der Waals surface area contributed by atoms with Crippen molar-refractivity contribution in [2.24, 2.45) is 0 Å². The predicted molar refractivity (Wildman–Crippen MR) is 122 cm³/mol. The summed E-state index contributed by atoms with van der Waals surface area (Å²) in [7, 11) is 1.60. The van der Waals surface area contributed by atoms with Crippen LogP contribution in [0.25, 0.3) is 0 Å². The van der Waals surface area contributed by atoms with E-state index in [1.54, 1.807) is 11.9 Å². The van der Waals surface area contributed by atoms with Crippen LogP contribution >= 0.6 is 23.2 Å². The van der Waals surface area contributed by atoms with Gasteiger partial charge in [0.15, 0.2) is 0 Å². The fourth-order valence-corrected chi connectivity index (χ4v) is 3.87. The summed E-state index contributed by atoms with van der Waals surface area (Å²) in [6, 6.07) is 5.85. The Morgan fingerprint density at radius 2 is 1.76 bits per heavy atom. The summed E-state index contributed by atoms with van der Waals surface area (Å²) in [5, 5.41) is 3.91. The second-order valence-electron chi connectivity index (χ2n) is 8.42. The van der Waals surface area contributed by atoms with Gasteiger partial charge in [0.2, 0.25) is 12.3 Å². The van der Waals surface area contributed by atoms with Gasteiger partial charge in [-0.25, -0.2) is 0 Å². The van der Waals surface area contributed by atoms with Gasteiger partial charge in [-0.2, -0.15) is 0 Å². The highest BCUT2D eigenvalue weighted by atomic mass is 35.5. The number of benzene rings is 1. The average molecular weight is 444 g/mol. The third-order valence-corrected chi connectivity index (χ3v) is 5.74. The van der Waals surface area contributed by atoms with Crippen molar-refractivity contribution < 1.29 is 9.59 Å². The van der Waals surface area contributed by atoms with Crippen LogP contribution < -0.4 is 5.32 Å². The first-order valence-electron chi connectivity index (χ1n) is 10.2. The van der Waals surface area contributed by atoms with Gasteiger partial charge in [0.05, 0.1) is 0 Å². The van der Waals surface area contributed by atoms with E-state index in [0.717, 1.165) is 37.6 Å². The van der Waals surface area contributed by atoms with E-state index >= 15 is 0 Å². The van der Waals surface area contributed by atoms with Crippen LogP contribution in [0.5, 0.6) is 0 Å². The van der Waals surface area contributed by atoms with Crippen LogP contribution in [0.15, 0.2) is 18.2 Å². The molecule has 2 fully saturated rings. The summed E-state index contributed by atoms with van der Waals surface area (Å²) in [6.07, 6.45) is 4.49. The number of nitrogens with one attached hydrogen (secondary N) is 1. The van der Waals surface area contributed by atoms with Crippen molar-refractivity contribution in [1.82, 2.24) is 15.1 Å². The molecule has 0 aliphatic carbocycles. The third kappa shape index (κ3) is 9.37. The Morgan fingerprint density at radius 3 is 2.14 bits per heavy atom. The van der Waals surface area contributed by atoms with Crippen LogP contribution in [-0.2, 0) is 9.59 Å². The predicted octanol–water partition coefficient (Wildman–Crippen LogP) is 4.57. The largest absolute Gasteiger partial charge is 0.359 e. The van der Waals surface area contributed by atoms with E-state index in [4.69, 9.17) is 23.2 Å². The first-order chi connectivity index (χ1) is 13.6. The first kappa shape index (κ1) is 25.7. The van der Waals surface area contributed by atoms with Crippen LogP contribution in [0.1, 0.15) is 58.4 Å². The number of likely N-dealkylation sites (tertiary alicyclic amines) is 2. The topological polar surface area (TPSA) is 52.7 Å². The molecule has 1 aromatic rings. The smallest absolute Gasteiger partial charge is 0.216 e.